The molecular formula is C29H30N4O. The van der Waals surface area contributed by atoms with Crippen molar-refractivity contribution in [1.82, 2.24) is 4.90 Å². The Kier molecular flexibility index (Phi) is 6.28. The number of carbonyl (C=O) groups excluding carboxylic acids is 1. The number of hydrogen-bond donors (Lipinski definition) is 1. The Hall–Kier alpha value is -3.70. The smallest absolute Gasteiger partial charge is 0.159 e. The number of benzene rings is 3. The maximum Gasteiger partial charge on any atom is 0.159 e. The number of hydrogen-bond acceptors (Lipinski definition) is 5. The van der Waals surface area contributed by atoms with Crippen molar-refractivity contribution in [3.05, 3.63) is 89.6 Å². The minimum atomic E-state index is 0.0843. The number of carbonyl (C=O) groups is 1. The summed E-state index contributed by atoms with van der Waals surface area (Å²) in [6.07, 6.45) is 4.02. The fourth-order valence-electron chi connectivity index (χ4n) is 4.48. The van der Waals surface area contributed by atoms with Crippen LogP contribution in [-0.4, -0.2) is 56.7 Å². The molecule has 1 fully saturated rings. The molecule has 2 heterocycles. The van der Waals surface area contributed by atoms with Gasteiger partial charge in [-0.2, -0.15) is 0 Å². The molecule has 5 heteroatoms. The minimum Gasteiger partial charge on any atom is -0.369 e. The molecule has 3 aromatic rings. The minimum absolute atomic E-state index is 0.0843. The summed E-state index contributed by atoms with van der Waals surface area (Å²) in [6, 6.07) is 22.9. The van der Waals surface area contributed by atoms with Crippen molar-refractivity contribution in [2.24, 2.45) is 4.99 Å². The van der Waals surface area contributed by atoms with Crippen LogP contribution in [0, 0.1) is 0 Å². The number of Topliss-reactive ketones (excluding diaryl/α,β-unsaturated/α-hetero) is 1. The predicted octanol–water partition coefficient (Wildman–Crippen LogP) is 5.19. The molecule has 0 radical (unpaired) electrons. The fourth-order valence-corrected chi connectivity index (χ4v) is 4.48. The van der Waals surface area contributed by atoms with Crippen molar-refractivity contribution in [2.45, 2.75) is 6.92 Å². The van der Waals surface area contributed by atoms with Gasteiger partial charge in [0.25, 0.3) is 0 Å². The Morgan fingerprint density at radius 3 is 2.32 bits per heavy atom. The summed E-state index contributed by atoms with van der Waals surface area (Å²) in [7, 11) is 2.18. The van der Waals surface area contributed by atoms with Gasteiger partial charge in [0.05, 0.1) is 6.54 Å². The summed E-state index contributed by atoms with van der Waals surface area (Å²) in [5.74, 6) is 0.0843. The first kappa shape index (κ1) is 22.1. The third kappa shape index (κ3) is 4.80. The number of fused-ring (bicyclic) bond motifs is 1. The molecule has 0 bridgehead atoms. The third-order valence-electron chi connectivity index (χ3n) is 6.66. The zero-order valence-electron chi connectivity index (χ0n) is 19.8. The highest BCUT2D eigenvalue weighted by Gasteiger charge is 2.15. The summed E-state index contributed by atoms with van der Waals surface area (Å²) in [4.78, 5) is 21.0. The maximum absolute atomic E-state index is 11.6. The number of rotatable bonds is 5. The number of ketones is 1. The first-order valence-corrected chi connectivity index (χ1v) is 11.8. The van der Waals surface area contributed by atoms with Crippen LogP contribution in [0.4, 0.5) is 11.4 Å². The summed E-state index contributed by atoms with van der Waals surface area (Å²) in [5, 5.41) is 3.47. The molecule has 3 aromatic carbocycles. The molecule has 5 nitrogen and oxygen atoms in total. The van der Waals surface area contributed by atoms with Gasteiger partial charge in [-0.3, -0.25) is 9.79 Å². The second kappa shape index (κ2) is 9.65. The quantitative estimate of drug-likeness (QED) is 0.543. The van der Waals surface area contributed by atoms with Crippen LogP contribution in [0.2, 0.25) is 0 Å². The average Bonchev–Trinajstić information content (AvgIpc) is 2.88. The second-order valence-corrected chi connectivity index (χ2v) is 9.06. The van der Waals surface area contributed by atoms with E-state index < -0.39 is 0 Å². The molecule has 34 heavy (non-hydrogen) atoms. The lowest BCUT2D eigenvalue weighted by Crippen LogP contribution is -2.44. The topological polar surface area (TPSA) is 47.9 Å². The molecule has 1 saturated heterocycles. The molecule has 0 unspecified atom stereocenters. The van der Waals surface area contributed by atoms with E-state index in [1.807, 2.05) is 30.5 Å². The lowest BCUT2D eigenvalue weighted by atomic mass is 9.93. The number of piperazine rings is 1. The molecule has 0 saturated carbocycles. The van der Waals surface area contributed by atoms with Crippen LogP contribution < -0.4 is 10.2 Å². The van der Waals surface area contributed by atoms with Crippen LogP contribution >= 0.6 is 0 Å². The Morgan fingerprint density at radius 2 is 1.62 bits per heavy atom. The molecule has 0 aliphatic carbocycles. The van der Waals surface area contributed by atoms with E-state index in [1.54, 1.807) is 6.92 Å². The Bertz CT molecular complexity index is 1230. The molecule has 0 atom stereocenters. The third-order valence-corrected chi connectivity index (χ3v) is 6.66. The lowest BCUT2D eigenvalue weighted by Gasteiger charge is -2.34. The average molecular weight is 451 g/mol. The van der Waals surface area contributed by atoms with Crippen LogP contribution in [-0.2, 0) is 0 Å². The lowest BCUT2D eigenvalue weighted by molar-refractivity contribution is 0.101. The van der Waals surface area contributed by atoms with Gasteiger partial charge in [-0.15, -0.1) is 0 Å². The van der Waals surface area contributed by atoms with E-state index >= 15 is 0 Å². The molecule has 0 aromatic heterocycles. The van der Waals surface area contributed by atoms with Crippen molar-refractivity contribution >= 4 is 28.9 Å². The Balaban J connectivity index is 1.33. The van der Waals surface area contributed by atoms with Crippen LogP contribution in [0.1, 0.15) is 28.4 Å². The highest BCUT2D eigenvalue weighted by atomic mass is 16.1. The zero-order chi connectivity index (χ0) is 23.5. The van der Waals surface area contributed by atoms with E-state index in [9.17, 15) is 4.79 Å². The van der Waals surface area contributed by atoms with Gasteiger partial charge < -0.3 is 15.1 Å². The van der Waals surface area contributed by atoms with E-state index in [0.29, 0.717) is 6.54 Å². The highest BCUT2D eigenvalue weighted by Crippen LogP contribution is 2.29. The SMILES string of the molecule is CC(=O)c1ccc(-c2ccc3c(c2)C(=CNc2ccc(N4CCN(C)CC4)cc2)CN=C3)cc1. The van der Waals surface area contributed by atoms with E-state index in [-0.39, 0.29) is 5.78 Å². The van der Waals surface area contributed by atoms with Gasteiger partial charge in [-0.25, -0.2) is 0 Å². The molecule has 0 spiro atoms. The first-order chi connectivity index (χ1) is 16.6. The van der Waals surface area contributed by atoms with Crippen LogP contribution in [0.15, 0.2) is 77.9 Å². The summed E-state index contributed by atoms with van der Waals surface area (Å²) in [5.41, 5.74) is 8.77. The fraction of sp³-hybridized carbons (Fsp3) is 0.241. The van der Waals surface area contributed by atoms with Gasteiger partial charge in [0.2, 0.25) is 0 Å². The van der Waals surface area contributed by atoms with Crippen molar-refractivity contribution in [3.8, 4) is 11.1 Å². The molecule has 172 valence electrons. The Morgan fingerprint density at radius 1 is 0.912 bits per heavy atom. The van der Waals surface area contributed by atoms with E-state index in [4.69, 9.17) is 0 Å². The molecular weight excluding hydrogens is 420 g/mol. The number of nitrogens with one attached hydrogen (secondary N) is 1. The number of nitrogens with zero attached hydrogens (tertiary/aromatic N) is 3. The predicted molar refractivity (Wildman–Crippen MR) is 142 cm³/mol. The molecule has 1 N–H and O–H groups in total. The standard InChI is InChI=1S/C29H30N4O/c1-21(34)22-3-5-23(6-4-22)24-7-8-25-18-30-19-26(29(25)17-24)20-31-27-9-11-28(12-10-27)33-15-13-32(2)14-16-33/h3-12,17-18,20,31H,13-16,19H2,1-2H3. The second-order valence-electron chi connectivity index (χ2n) is 9.06. The number of anilines is 2. The van der Waals surface area contributed by atoms with Gasteiger partial charge >= 0.3 is 0 Å². The maximum atomic E-state index is 11.6. The van der Waals surface area contributed by atoms with Gasteiger partial charge in [0.1, 0.15) is 0 Å². The van der Waals surface area contributed by atoms with Crippen LogP contribution in [0.5, 0.6) is 0 Å². The van der Waals surface area contributed by atoms with Gasteiger partial charge in [-0.05, 0) is 72.1 Å². The summed E-state index contributed by atoms with van der Waals surface area (Å²) < 4.78 is 0. The number of likely N-dealkylation sites (N-methyl/N-ethyl adjacent to an activating group) is 1. The van der Waals surface area contributed by atoms with Gasteiger partial charge in [0, 0.05) is 55.5 Å². The molecule has 2 aliphatic heterocycles. The van der Waals surface area contributed by atoms with E-state index in [0.717, 1.165) is 59.7 Å². The summed E-state index contributed by atoms with van der Waals surface area (Å²) in [6.45, 7) is 6.59. The largest absolute Gasteiger partial charge is 0.369 e. The molecule has 2 aliphatic rings. The highest BCUT2D eigenvalue weighted by molar-refractivity contribution is 5.95. The van der Waals surface area contributed by atoms with Gasteiger partial charge in [-0.1, -0.05) is 36.4 Å². The van der Waals surface area contributed by atoms with Crippen molar-refractivity contribution in [2.75, 3.05) is 50.0 Å². The van der Waals surface area contributed by atoms with E-state index in [1.165, 1.54) is 11.3 Å². The van der Waals surface area contributed by atoms with Crippen LogP contribution in [0.3, 0.4) is 0 Å². The summed E-state index contributed by atoms with van der Waals surface area (Å²) >= 11 is 0. The first-order valence-electron chi connectivity index (χ1n) is 11.8. The van der Waals surface area contributed by atoms with Gasteiger partial charge in [0.15, 0.2) is 5.78 Å². The van der Waals surface area contributed by atoms with Crippen molar-refractivity contribution in [1.29, 1.82) is 0 Å². The molecule has 0 amide bonds. The van der Waals surface area contributed by atoms with Crippen molar-refractivity contribution < 1.29 is 4.79 Å². The normalized spacial score (nSPS) is 17.0. The number of aliphatic imine (C=N–C) groups is 1. The monoisotopic (exact) mass is 450 g/mol. The zero-order valence-corrected chi connectivity index (χ0v) is 19.8. The Labute approximate surface area is 201 Å². The van der Waals surface area contributed by atoms with E-state index in [2.05, 4.69) is 75.8 Å². The molecule has 5 rings (SSSR count). The van der Waals surface area contributed by atoms with Crippen LogP contribution in [0.25, 0.3) is 16.7 Å². The van der Waals surface area contributed by atoms with Crippen molar-refractivity contribution in [3.63, 3.8) is 0 Å².